The summed E-state index contributed by atoms with van der Waals surface area (Å²) >= 11 is 0. The van der Waals surface area contributed by atoms with Gasteiger partial charge in [-0.1, -0.05) is 0 Å². The zero-order valence-corrected chi connectivity index (χ0v) is 9.75. The highest BCUT2D eigenvalue weighted by Gasteiger charge is 2.06. The van der Waals surface area contributed by atoms with E-state index in [2.05, 4.69) is 4.98 Å². The van der Waals surface area contributed by atoms with E-state index >= 15 is 0 Å². The number of hydrogen-bond donors (Lipinski definition) is 0. The molecule has 2 aromatic rings. The van der Waals surface area contributed by atoms with Gasteiger partial charge in [0.1, 0.15) is 23.9 Å². The Balaban J connectivity index is 2.31. The van der Waals surface area contributed by atoms with Crippen molar-refractivity contribution in [2.45, 2.75) is 6.92 Å². The summed E-state index contributed by atoms with van der Waals surface area (Å²) < 4.78 is 5.55. The number of aldehydes is 1. The number of aromatic nitrogens is 1. The SMILES string of the molecule is Cc1ccc(Oc2ccc(C=O)cc2C#N)cn1. The number of hydrogen-bond acceptors (Lipinski definition) is 4. The van der Waals surface area contributed by atoms with Crippen LogP contribution in [0.2, 0.25) is 0 Å². The van der Waals surface area contributed by atoms with Crippen molar-refractivity contribution in [3.05, 3.63) is 53.3 Å². The number of carbonyl (C=O) groups is 1. The van der Waals surface area contributed by atoms with E-state index in [1.54, 1.807) is 24.4 Å². The van der Waals surface area contributed by atoms with Gasteiger partial charge in [0.2, 0.25) is 0 Å². The molecule has 1 aromatic carbocycles. The van der Waals surface area contributed by atoms with Crippen molar-refractivity contribution in [3.63, 3.8) is 0 Å². The van der Waals surface area contributed by atoms with Gasteiger partial charge in [0.05, 0.1) is 11.8 Å². The lowest BCUT2D eigenvalue weighted by atomic mass is 10.1. The summed E-state index contributed by atoms with van der Waals surface area (Å²) in [6, 6.07) is 10.3. The highest BCUT2D eigenvalue weighted by atomic mass is 16.5. The fourth-order valence-corrected chi connectivity index (χ4v) is 1.44. The molecule has 4 nitrogen and oxygen atoms in total. The molecule has 0 aliphatic heterocycles. The molecule has 0 fully saturated rings. The Labute approximate surface area is 104 Å². The minimum absolute atomic E-state index is 0.320. The molecule has 2 rings (SSSR count). The molecular formula is C14H10N2O2. The monoisotopic (exact) mass is 238 g/mol. The van der Waals surface area contributed by atoms with Gasteiger partial charge in [0, 0.05) is 11.3 Å². The maximum atomic E-state index is 10.6. The molecule has 0 amide bonds. The number of rotatable bonds is 3. The second-order valence-electron chi connectivity index (χ2n) is 3.72. The molecule has 0 saturated heterocycles. The van der Waals surface area contributed by atoms with Crippen molar-refractivity contribution in [3.8, 4) is 17.6 Å². The number of nitrogens with zero attached hydrogens (tertiary/aromatic N) is 2. The van der Waals surface area contributed by atoms with Crippen LogP contribution in [0.5, 0.6) is 11.5 Å². The Hall–Kier alpha value is -2.67. The Kier molecular flexibility index (Phi) is 3.35. The lowest BCUT2D eigenvalue weighted by Crippen LogP contribution is -1.91. The Morgan fingerprint density at radius 3 is 2.78 bits per heavy atom. The molecule has 88 valence electrons. The molecule has 0 aliphatic rings. The van der Waals surface area contributed by atoms with E-state index in [0.29, 0.717) is 28.9 Å². The molecule has 4 heteroatoms. The Bertz CT molecular complexity index is 613. The van der Waals surface area contributed by atoms with E-state index in [-0.39, 0.29) is 0 Å². The van der Waals surface area contributed by atoms with Crippen molar-refractivity contribution < 1.29 is 9.53 Å². The number of nitriles is 1. The largest absolute Gasteiger partial charge is 0.454 e. The van der Waals surface area contributed by atoms with Gasteiger partial charge in [0.15, 0.2) is 0 Å². The highest BCUT2D eigenvalue weighted by molar-refractivity contribution is 5.76. The third-order valence-electron chi connectivity index (χ3n) is 2.37. The van der Waals surface area contributed by atoms with Crippen LogP contribution < -0.4 is 4.74 Å². The van der Waals surface area contributed by atoms with Gasteiger partial charge in [-0.25, -0.2) is 0 Å². The van der Waals surface area contributed by atoms with E-state index in [9.17, 15) is 4.79 Å². The normalized spacial score (nSPS) is 9.56. The Morgan fingerprint density at radius 2 is 2.17 bits per heavy atom. The van der Waals surface area contributed by atoms with Crippen molar-refractivity contribution >= 4 is 6.29 Å². The first kappa shape index (κ1) is 11.8. The predicted octanol–water partition coefficient (Wildman–Crippen LogP) is 2.87. The second kappa shape index (κ2) is 5.11. The number of carbonyl (C=O) groups excluding carboxylic acids is 1. The molecule has 0 atom stereocenters. The molecule has 18 heavy (non-hydrogen) atoms. The van der Waals surface area contributed by atoms with E-state index in [1.807, 2.05) is 19.1 Å². The summed E-state index contributed by atoms with van der Waals surface area (Å²) in [5, 5.41) is 9.00. The first-order chi connectivity index (χ1) is 8.72. The number of ether oxygens (including phenoxy) is 1. The van der Waals surface area contributed by atoms with Crippen LogP contribution in [0.4, 0.5) is 0 Å². The van der Waals surface area contributed by atoms with E-state index in [4.69, 9.17) is 10.00 Å². The lowest BCUT2D eigenvalue weighted by Gasteiger charge is -2.07. The fourth-order valence-electron chi connectivity index (χ4n) is 1.44. The lowest BCUT2D eigenvalue weighted by molar-refractivity contribution is 0.112. The topological polar surface area (TPSA) is 63.0 Å². The van der Waals surface area contributed by atoms with Gasteiger partial charge >= 0.3 is 0 Å². The van der Waals surface area contributed by atoms with Crippen molar-refractivity contribution in [2.24, 2.45) is 0 Å². The summed E-state index contributed by atoms with van der Waals surface area (Å²) in [5.41, 5.74) is 1.65. The number of pyridine rings is 1. The van der Waals surface area contributed by atoms with E-state index < -0.39 is 0 Å². The summed E-state index contributed by atoms with van der Waals surface area (Å²) in [4.78, 5) is 14.7. The maximum absolute atomic E-state index is 10.6. The van der Waals surface area contributed by atoms with Crippen LogP contribution in [0, 0.1) is 18.3 Å². The van der Waals surface area contributed by atoms with Crippen molar-refractivity contribution in [1.82, 2.24) is 4.98 Å². The van der Waals surface area contributed by atoms with Crippen molar-refractivity contribution in [2.75, 3.05) is 0 Å². The van der Waals surface area contributed by atoms with Gasteiger partial charge in [-0.15, -0.1) is 0 Å². The van der Waals surface area contributed by atoms with E-state index in [1.165, 1.54) is 6.07 Å². The van der Waals surface area contributed by atoms with Gasteiger partial charge in [-0.3, -0.25) is 9.78 Å². The first-order valence-electron chi connectivity index (χ1n) is 5.33. The summed E-state index contributed by atoms with van der Waals surface area (Å²) in [7, 11) is 0. The van der Waals surface area contributed by atoms with Crippen LogP contribution in [0.25, 0.3) is 0 Å². The zero-order valence-electron chi connectivity index (χ0n) is 9.75. The molecule has 0 radical (unpaired) electrons. The molecule has 0 saturated carbocycles. The number of aryl methyl sites for hydroxylation is 1. The molecule has 0 aliphatic carbocycles. The quantitative estimate of drug-likeness (QED) is 0.771. The zero-order chi connectivity index (χ0) is 13.0. The van der Waals surface area contributed by atoms with Crippen LogP contribution in [0.3, 0.4) is 0 Å². The molecule has 0 unspecified atom stereocenters. The first-order valence-corrected chi connectivity index (χ1v) is 5.33. The smallest absolute Gasteiger partial charge is 0.150 e. The predicted molar refractivity (Wildman–Crippen MR) is 65.6 cm³/mol. The van der Waals surface area contributed by atoms with Crippen LogP contribution in [0.1, 0.15) is 21.6 Å². The second-order valence-corrected chi connectivity index (χ2v) is 3.72. The third kappa shape index (κ3) is 2.53. The average Bonchev–Trinajstić information content (AvgIpc) is 2.41. The van der Waals surface area contributed by atoms with Gasteiger partial charge in [-0.2, -0.15) is 5.26 Å². The van der Waals surface area contributed by atoms with E-state index in [0.717, 1.165) is 5.69 Å². The maximum Gasteiger partial charge on any atom is 0.150 e. The molecule has 0 N–H and O–H groups in total. The third-order valence-corrected chi connectivity index (χ3v) is 2.37. The van der Waals surface area contributed by atoms with Gasteiger partial charge in [-0.05, 0) is 37.3 Å². The molecule has 0 spiro atoms. The average molecular weight is 238 g/mol. The minimum Gasteiger partial charge on any atom is -0.454 e. The van der Waals surface area contributed by atoms with Crippen LogP contribution in [-0.2, 0) is 0 Å². The highest BCUT2D eigenvalue weighted by Crippen LogP contribution is 2.25. The van der Waals surface area contributed by atoms with Crippen LogP contribution in [-0.4, -0.2) is 11.3 Å². The summed E-state index contributed by atoms with van der Waals surface area (Å²) in [6.45, 7) is 1.88. The fraction of sp³-hybridized carbons (Fsp3) is 0.0714. The Morgan fingerprint density at radius 1 is 1.33 bits per heavy atom. The molecule has 1 aromatic heterocycles. The van der Waals surface area contributed by atoms with Gasteiger partial charge < -0.3 is 4.74 Å². The van der Waals surface area contributed by atoms with Gasteiger partial charge in [0.25, 0.3) is 0 Å². The van der Waals surface area contributed by atoms with Crippen molar-refractivity contribution in [1.29, 1.82) is 5.26 Å². The van der Waals surface area contributed by atoms with Crippen LogP contribution >= 0.6 is 0 Å². The standard InChI is InChI=1S/C14H10N2O2/c1-10-2-4-13(8-16-10)18-14-5-3-11(9-17)6-12(14)7-15/h2-6,8-9H,1H3. The number of benzene rings is 1. The van der Waals surface area contributed by atoms with Crippen LogP contribution in [0.15, 0.2) is 36.5 Å². The summed E-state index contributed by atoms with van der Waals surface area (Å²) in [5.74, 6) is 0.963. The minimum atomic E-state index is 0.320. The molecule has 0 bridgehead atoms. The molecule has 1 heterocycles. The summed E-state index contributed by atoms with van der Waals surface area (Å²) in [6.07, 6.45) is 2.28. The molecular weight excluding hydrogens is 228 g/mol.